The zero-order valence-electron chi connectivity index (χ0n) is 18.1. The first-order valence-corrected chi connectivity index (χ1v) is 12.7. The van der Waals surface area contributed by atoms with Gasteiger partial charge >= 0.3 is 0 Å². The van der Waals surface area contributed by atoms with E-state index >= 15 is 0 Å². The minimum atomic E-state index is -3.84. The molecule has 1 atom stereocenters. The number of thioether (sulfide) groups is 1. The van der Waals surface area contributed by atoms with Crippen LogP contribution in [0.4, 0.5) is 11.4 Å². The summed E-state index contributed by atoms with van der Waals surface area (Å²) in [5.41, 5.74) is 2.26. The molecule has 0 aromatic heterocycles. The lowest BCUT2D eigenvalue weighted by Gasteiger charge is -2.16. The topological polar surface area (TPSA) is 127 Å². The molecule has 1 saturated heterocycles. The lowest BCUT2D eigenvalue weighted by molar-refractivity contribution is -0.121. The first kappa shape index (κ1) is 23.7. The highest BCUT2D eigenvalue weighted by molar-refractivity contribution is 8.00. The van der Waals surface area contributed by atoms with Gasteiger partial charge in [-0.3, -0.25) is 14.4 Å². The van der Waals surface area contributed by atoms with Crippen LogP contribution in [0.25, 0.3) is 0 Å². The molecule has 1 heterocycles. The third-order valence-electron chi connectivity index (χ3n) is 5.24. The molecule has 1 aliphatic rings. The third-order valence-corrected chi connectivity index (χ3v) is 7.43. The van der Waals surface area contributed by atoms with Gasteiger partial charge in [0.15, 0.2) is 0 Å². The number of rotatable bonds is 6. The van der Waals surface area contributed by atoms with E-state index < -0.39 is 21.2 Å². The standard InChI is InChI=1S/C24H21N3O5S2/c1-15-6-10-17(11-7-15)27-22(28)14-21(24(27)30)33-20-5-3-2-4-19(20)23(29)26-16-8-12-18(13-9-16)34(25,31)32/h2-13,21H,14H2,1H3,(H,26,29)(H2,25,31,32). The zero-order valence-corrected chi connectivity index (χ0v) is 19.7. The maximum Gasteiger partial charge on any atom is 0.256 e. The average Bonchev–Trinajstić information content (AvgIpc) is 3.07. The number of hydrogen-bond donors (Lipinski definition) is 2. The van der Waals surface area contributed by atoms with Gasteiger partial charge in [-0.05, 0) is 55.5 Å². The Bertz CT molecular complexity index is 1370. The minimum absolute atomic E-state index is 0.0301. The van der Waals surface area contributed by atoms with Gasteiger partial charge in [-0.2, -0.15) is 0 Å². The van der Waals surface area contributed by atoms with Gasteiger partial charge in [-0.1, -0.05) is 29.8 Å². The van der Waals surface area contributed by atoms with Gasteiger partial charge in [0.2, 0.25) is 21.8 Å². The van der Waals surface area contributed by atoms with Crippen molar-refractivity contribution in [3.63, 3.8) is 0 Å². The van der Waals surface area contributed by atoms with Gasteiger partial charge in [-0.15, -0.1) is 11.8 Å². The average molecular weight is 496 g/mol. The largest absolute Gasteiger partial charge is 0.322 e. The van der Waals surface area contributed by atoms with Crippen LogP contribution in [0.5, 0.6) is 0 Å². The van der Waals surface area contributed by atoms with Crippen molar-refractivity contribution in [1.29, 1.82) is 0 Å². The van der Waals surface area contributed by atoms with Crippen molar-refractivity contribution in [3.05, 3.63) is 83.9 Å². The van der Waals surface area contributed by atoms with E-state index in [0.717, 1.165) is 5.56 Å². The third kappa shape index (κ3) is 5.04. The molecule has 174 valence electrons. The number of aryl methyl sites for hydroxylation is 1. The summed E-state index contributed by atoms with van der Waals surface area (Å²) in [6.07, 6.45) is 0.0301. The summed E-state index contributed by atoms with van der Waals surface area (Å²) in [6.45, 7) is 1.92. The van der Waals surface area contributed by atoms with Crippen LogP contribution in [0.3, 0.4) is 0 Å². The summed E-state index contributed by atoms with van der Waals surface area (Å²) < 4.78 is 22.8. The molecular formula is C24H21N3O5S2. The molecule has 0 aliphatic carbocycles. The molecule has 1 aliphatic heterocycles. The van der Waals surface area contributed by atoms with Gasteiger partial charge in [-0.25, -0.2) is 18.5 Å². The van der Waals surface area contributed by atoms with Crippen molar-refractivity contribution < 1.29 is 22.8 Å². The fourth-order valence-corrected chi connectivity index (χ4v) is 5.20. The van der Waals surface area contributed by atoms with E-state index in [-0.39, 0.29) is 23.1 Å². The number of nitrogens with zero attached hydrogens (tertiary/aromatic N) is 1. The number of nitrogens with one attached hydrogen (secondary N) is 1. The Labute approximate surface area is 201 Å². The lowest BCUT2D eigenvalue weighted by atomic mass is 10.2. The van der Waals surface area contributed by atoms with Crippen molar-refractivity contribution in [2.24, 2.45) is 5.14 Å². The van der Waals surface area contributed by atoms with Crippen LogP contribution in [-0.4, -0.2) is 31.4 Å². The molecule has 0 spiro atoms. The normalized spacial score (nSPS) is 16.1. The fraction of sp³-hybridized carbons (Fsp3) is 0.125. The Hall–Kier alpha value is -3.47. The summed E-state index contributed by atoms with van der Waals surface area (Å²) in [4.78, 5) is 40.2. The second-order valence-corrected chi connectivity index (χ2v) is 10.5. The smallest absolute Gasteiger partial charge is 0.256 e. The van der Waals surface area contributed by atoms with Gasteiger partial charge in [0.25, 0.3) is 5.91 Å². The molecule has 0 bridgehead atoms. The van der Waals surface area contributed by atoms with Gasteiger partial charge in [0.05, 0.1) is 21.4 Å². The molecule has 3 aromatic carbocycles. The number of primary sulfonamides is 1. The fourth-order valence-electron chi connectivity index (χ4n) is 3.50. The number of anilines is 2. The van der Waals surface area contributed by atoms with Crippen molar-refractivity contribution >= 4 is 50.9 Å². The van der Waals surface area contributed by atoms with Crippen LogP contribution in [0, 0.1) is 6.92 Å². The van der Waals surface area contributed by atoms with Crippen LogP contribution in [0.1, 0.15) is 22.3 Å². The quantitative estimate of drug-likeness (QED) is 0.505. The Balaban J connectivity index is 1.51. The number of sulfonamides is 1. The molecule has 3 amide bonds. The van der Waals surface area contributed by atoms with Crippen molar-refractivity contribution in [1.82, 2.24) is 0 Å². The second-order valence-electron chi connectivity index (χ2n) is 7.73. The maximum atomic E-state index is 13.0. The van der Waals surface area contributed by atoms with E-state index in [1.807, 2.05) is 19.1 Å². The summed E-state index contributed by atoms with van der Waals surface area (Å²) in [5.74, 6) is -1.05. The van der Waals surface area contributed by atoms with Gasteiger partial charge in [0.1, 0.15) is 0 Å². The first-order valence-electron chi connectivity index (χ1n) is 10.3. The molecule has 1 fully saturated rings. The Morgan fingerprint density at radius 1 is 1.00 bits per heavy atom. The van der Waals surface area contributed by atoms with Crippen molar-refractivity contribution in [3.8, 4) is 0 Å². The summed E-state index contributed by atoms with van der Waals surface area (Å²) in [7, 11) is -3.84. The molecular weight excluding hydrogens is 474 g/mol. The monoisotopic (exact) mass is 495 g/mol. The number of carbonyl (C=O) groups is 3. The predicted octanol–water partition coefficient (Wildman–Crippen LogP) is 3.32. The number of imide groups is 1. The zero-order chi connectivity index (χ0) is 24.5. The summed E-state index contributed by atoms with van der Waals surface area (Å²) in [6, 6.07) is 19.4. The molecule has 34 heavy (non-hydrogen) atoms. The predicted molar refractivity (Wildman–Crippen MR) is 130 cm³/mol. The van der Waals surface area contributed by atoms with Gasteiger partial charge < -0.3 is 5.32 Å². The number of nitrogens with two attached hydrogens (primary N) is 1. The van der Waals surface area contributed by atoms with Crippen molar-refractivity contribution in [2.75, 3.05) is 10.2 Å². The van der Waals surface area contributed by atoms with Crippen molar-refractivity contribution in [2.45, 2.75) is 28.4 Å². The van der Waals surface area contributed by atoms with E-state index in [9.17, 15) is 22.8 Å². The van der Waals surface area contributed by atoms with E-state index in [4.69, 9.17) is 5.14 Å². The van der Waals surface area contributed by atoms with Crippen LogP contribution in [0.15, 0.2) is 82.6 Å². The van der Waals surface area contributed by atoms with Gasteiger partial charge in [0, 0.05) is 17.0 Å². The van der Waals surface area contributed by atoms with E-state index in [2.05, 4.69) is 5.32 Å². The number of carbonyl (C=O) groups excluding carboxylic acids is 3. The Morgan fingerprint density at radius 3 is 2.29 bits per heavy atom. The number of amides is 3. The van der Waals surface area contributed by atoms with E-state index in [1.54, 1.807) is 36.4 Å². The molecule has 0 saturated carbocycles. The van der Waals surface area contributed by atoms with Crippen LogP contribution in [-0.2, 0) is 19.6 Å². The maximum absolute atomic E-state index is 13.0. The minimum Gasteiger partial charge on any atom is -0.322 e. The highest BCUT2D eigenvalue weighted by Gasteiger charge is 2.40. The molecule has 4 rings (SSSR count). The first-order chi connectivity index (χ1) is 16.1. The molecule has 10 heteroatoms. The molecule has 1 unspecified atom stereocenters. The van der Waals surface area contributed by atoms with Crippen LogP contribution in [0.2, 0.25) is 0 Å². The Morgan fingerprint density at radius 2 is 1.65 bits per heavy atom. The second kappa shape index (κ2) is 9.41. The number of benzene rings is 3. The highest BCUT2D eigenvalue weighted by Crippen LogP contribution is 2.35. The summed E-state index contributed by atoms with van der Waals surface area (Å²) in [5, 5.41) is 7.15. The number of hydrogen-bond acceptors (Lipinski definition) is 6. The van der Waals surface area contributed by atoms with E-state index in [1.165, 1.54) is 40.9 Å². The lowest BCUT2D eigenvalue weighted by Crippen LogP contribution is -2.31. The highest BCUT2D eigenvalue weighted by atomic mass is 32.2. The van der Waals surface area contributed by atoms with Crippen LogP contribution < -0.4 is 15.4 Å². The summed E-state index contributed by atoms with van der Waals surface area (Å²) >= 11 is 1.17. The molecule has 8 nitrogen and oxygen atoms in total. The van der Waals surface area contributed by atoms with Crippen LogP contribution >= 0.6 is 11.8 Å². The SMILES string of the molecule is Cc1ccc(N2C(=O)CC(Sc3ccccc3C(=O)Nc3ccc(S(N)(=O)=O)cc3)C2=O)cc1. The molecule has 3 N–H and O–H groups in total. The van der Waals surface area contributed by atoms with E-state index in [0.29, 0.717) is 21.8 Å². The molecule has 3 aromatic rings. The molecule has 0 radical (unpaired) electrons. The Kier molecular flexibility index (Phi) is 6.56.